The standard InChI is InChI=1S/C17H13NO3/c1-20-14-9-5-6-12(10-14)11-15-17(19)21-16(18-15)13-7-3-2-4-8-13/h2-11H,1H3/b15-11+. The molecule has 0 saturated carbocycles. The van der Waals surface area contributed by atoms with Crippen molar-refractivity contribution in [1.29, 1.82) is 0 Å². The molecule has 1 aliphatic heterocycles. The van der Waals surface area contributed by atoms with Gasteiger partial charge in [0.05, 0.1) is 7.11 Å². The fourth-order valence-electron chi connectivity index (χ4n) is 2.00. The lowest BCUT2D eigenvalue weighted by Gasteiger charge is -2.00. The molecule has 0 amide bonds. The quantitative estimate of drug-likeness (QED) is 0.641. The van der Waals surface area contributed by atoms with Gasteiger partial charge in [0, 0.05) is 5.56 Å². The number of carbonyl (C=O) groups is 1. The van der Waals surface area contributed by atoms with E-state index in [-0.39, 0.29) is 5.70 Å². The number of aliphatic imine (C=N–C) groups is 1. The Morgan fingerprint density at radius 2 is 1.90 bits per heavy atom. The minimum absolute atomic E-state index is 0.280. The van der Waals surface area contributed by atoms with E-state index in [1.165, 1.54) is 0 Å². The number of benzene rings is 2. The molecule has 0 unspecified atom stereocenters. The predicted molar refractivity (Wildman–Crippen MR) is 80.0 cm³/mol. The number of carbonyl (C=O) groups excluding carboxylic acids is 1. The highest BCUT2D eigenvalue weighted by Crippen LogP contribution is 2.21. The topological polar surface area (TPSA) is 47.9 Å². The first-order valence-electron chi connectivity index (χ1n) is 6.48. The van der Waals surface area contributed by atoms with Crippen molar-refractivity contribution in [2.24, 2.45) is 4.99 Å². The van der Waals surface area contributed by atoms with E-state index in [0.717, 1.165) is 16.9 Å². The van der Waals surface area contributed by atoms with Crippen LogP contribution in [-0.2, 0) is 9.53 Å². The third-order valence-corrected chi connectivity index (χ3v) is 3.04. The Labute approximate surface area is 122 Å². The summed E-state index contributed by atoms with van der Waals surface area (Å²) >= 11 is 0. The van der Waals surface area contributed by atoms with Crippen LogP contribution in [0, 0.1) is 0 Å². The first-order valence-corrected chi connectivity index (χ1v) is 6.48. The van der Waals surface area contributed by atoms with Gasteiger partial charge in [0.15, 0.2) is 5.70 Å². The van der Waals surface area contributed by atoms with Crippen LogP contribution in [0.15, 0.2) is 65.3 Å². The van der Waals surface area contributed by atoms with Gasteiger partial charge >= 0.3 is 5.97 Å². The Balaban J connectivity index is 1.93. The lowest BCUT2D eigenvalue weighted by molar-refractivity contribution is -0.129. The Morgan fingerprint density at radius 3 is 2.67 bits per heavy atom. The summed E-state index contributed by atoms with van der Waals surface area (Å²) in [5, 5.41) is 0. The first-order chi connectivity index (χ1) is 10.3. The summed E-state index contributed by atoms with van der Waals surface area (Å²) in [6, 6.07) is 16.7. The molecular weight excluding hydrogens is 266 g/mol. The normalized spacial score (nSPS) is 15.8. The van der Waals surface area contributed by atoms with E-state index in [1.54, 1.807) is 13.2 Å². The lowest BCUT2D eigenvalue weighted by atomic mass is 10.2. The molecule has 0 saturated heterocycles. The Morgan fingerprint density at radius 1 is 1.10 bits per heavy atom. The first kappa shape index (κ1) is 13.1. The fourth-order valence-corrected chi connectivity index (χ4v) is 2.00. The van der Waals surface area contributed by atoms with Gasteiger partial charge in [-0.3, -0.25) is 0 Å². The van der Waals surface area contributed by atoms with E-state index < -0.39 is 5.97 Å². The molecule has 0 atom stereocenters. The molecule has 2 aromatic carbocycles. The summed E-state index contributed by atoms with van der Waals surface area (Å²) in [6.07, 6.45) is 1.68. The van der Waals surface area contributed by atoms with Gasteiger partial charge in [-0.15, -0.1) is 0 Å². The average molecular weight is 279 g/mol. The van der Waals surface area contributed by atoms with Crippen molar-refractivity contribution in [3.63, 3.8) is 0 Å². The molecule has 2 aromatic rings. The zero-order valence-corrected chi connectivity index (χ0v) is 11.4. The summed E-state index contributed by atoms with van der Waals surface area (Å²) < 4.78 is 10.4. The van der Waals surface area contributed by atoms with Crippen molar-refractivity contribution in [2.75, 3.05) is 7.11 Å². The van der Waals surface area contributed by atoms with E-state index in [1.807, 2.05) is 54.6 Å². The average Bonchev–Trinajstić information content (AvgIpc) is 2.89. The van der Waals surface area contributed by atoms with Crippen molar-refractivity contribution in [1.82, 2.24) is 0 Å². The van der Waals surface area contributed by atoms with Gasteiger partial charge in [0.25, 0.3) is 0 Å². The number of rotatable bonds is 3. The van der Waals surface area contributed by atoms with Gasteiger partial charge < -0.3 is 9.47 Å². The zero-order valence-electron chi connectivity index (χ0n) is 11.4. The number of esters is 1. The summed E-state index contributed by atoms with van der Waals surface area (Å²) in [5.74, 6) is 0.606. The van der Waals surface area contributed by atoms with Crippen molar-refractivity contribution >= 4 is 17.9 Å². The molecule has 0 aliphatic carbocycles. The predicted octanol–water partition coefficient (Wildman–Crippen LogP) is 3.04. The van der Waals surface area contributed by atoms with Crippen LogP contribution in [-0.4, -0.2) is 19.0 Å². The molecule has 0 bridgehead atoms. The van der Waals surface area contributed by atoms with Crippen molar-refractivity contribution < 1.29 is 14.3 Å². The molecule has 0 aromatic heterocycles. The van der Waals surface area contributed by atoms with Gasteiger partial charge in [-0.2, -0.15) is 0 Å². The second-order valence-electron chi connectivity index (χ2n) is 4.48. The number of methoxy groups -OCH3 is 1. The third-order valence-electron chi connectivity index (χ3n) is 3.04. The van der Waals surface area contributed by atoms with Gasteiger partial charge in [-0.05, 0) is 35.9 Å². The second-order valence-corrected chi connectivity index (χ2v) is 4.48. The van der Waals surface area contributed by atoms with Crippen LogP contribution in [0.1, 0.15) is 11.1 Å². The van der Waals surface area contributed by atoms with E-state index in [0.29, 0.717) is 5.90 Å². The number of hydrogen-bond donors (Lipinski definition) is 0. The fraction of sp³-hybridized carbons (Fsp3) is 0.0588. The SMILES string of the molecule is COc1cccc(/C=C2/N=C(c3ccccc3)OC2=O)c1. The smallest absolute Gasteiger partial charge is 0.363 e. The maximum absolute atomic E-state index is 11.9. The third kappa shape index (κ3) is 2.84. The van der Waals surface area contributed by atoms with Crippen LogP contribution < -0.4 is 4.74 Å². The monoisotopic (exact) mass is 279 g/mol. The van der Waals surface area contributed by atoms with Crippen LogP contribution >= 0.6 is 0 Å². The molecule has 104 valence electrons. The van der Waals surface area contributed by atoms with Gasteiger partial charge in [-0.25, -0.2) is 9.79 Å². The summed E-state index contributed by atoms with van der Waals surface area (Å²) in [5.41, 5.74) is 1.89. The highest BCUT2D eigenvalue weighted by atomic mass is 16.6. The van der Waals surface area contributed by atoms with Crippen LogP contribution in [0.25, 0.3) is 6.08 Å². The van der Waals surface area contributed by atoms with E-state index in [4.69, 9.17) is 9.47 Å². The van der Waals surface area contributed by atoms with Gasteiger partial charge in [0.1, 0.15) is 5.75 Å². The van der Waals surface area contributed by atoms with Crippen LogP contribution in [0.4, 0.5) is 0 Å². The maximum atomic E-state index is 11.9. The molecule has 0 spiro atoms. The second kappa shape index (κ2) is 5.63. The van der Waals surface area contributed by atoms with Gasteiger partial charge in [0.2, 0.25) is 5.90 Å². The molecule has 0 N–H and O–H groups in total. The largest absolute Gasteiger partial charge is 0.497 e. The number of cyclic esters (lactones) is 1. The van der Waals surface area contributed by atoms with E-state index in [2.05, 4.69) is 4.99 Å². The summed E-state index contributed by atoms with van der Waals surface area (Å²) in [7, 11) is 1.60. The lowest BCUT2D eigenvalue weighted by Crippen LogP contribution is -2.04. The Hall–Kier alpha value is -2.88. The van der Waals surface area contributed by atoms with Gasteiger partial charge in [-0.1, -0.05) is 30.3 Å². The molecule has 1 heterocycles. The van der Waals surface area contributed by atoms with Crippen LogP contribution in [0.3, 0.4) is 0 Å². The number of nitrogens with zero attached hydrogens (tertiary/aromatic N) is 1. The summed E-state index contributed by atoms with van der Waals surface area (Å²) in [6.45, 7) is 0. The Kier molecular flexibility index (Phi) is 3.51. The molecular formula is C17H13NO3. The highest BCUT2D eigenvalue weighted by molar-refractivity contribution is 6.12. The van der Waals surface area contributed by atoms with Crippen molar-refractivity contribution in [3.8, 4) is 5.75 Å². The maximum Gasteiger partial charge on any atom is 0.363 e. The van der Waals surface area contributed by atoms with E-state index in [9.17, 15) is 4.79 Å². The molecule has 21 heavy (non-hydrogen) atoms. The number of ether oxygens (including phenoxy) is 2. The van der Waals surface area contributed by atoms with Crippen LogP contribution in [0.2, 0.25) is 0 Å². The molecule has 0 radical (unpaired) electrons. The molecule has 4 nitrogen and oxygen atoms in total. The minimum atomic E-state index is -0.448. The van der Waals surface area contributed by atoms with E-state index >= 15 is 0 Å². The number of hydrogen-bond acceptors (Lipinski definition) is 4. The summed E-state index contributed by atoms with van der Waals surface area (Å²) in [4.78, 5) is 16.1. The minimum Gasteiger partial charge on any atom is -0.497 e. The van der Waals surface area contributed by atoms with Crippen molar-refractivity contribution in [3.05, 3.63) is 71.4 Å². The zero-order chi connectivity index (χ0) is 14.7. The Bertz CT molecular complexity index is 733. The van der Waals surface area contributed by atoms with Crippen molar-refractivity contribution in [2.45, 2.75) is 0 Å². The molecule has 1 aliphatic rings. The molecule has 4 heteroatoms. The highest BCUT2D eigenvalue weighted by Gasteiger charge is 2.23. The molecule has 3 rings (SSSR count). The molecule has 0 fully saturated rings. The van der Waals surface area contributed by atoms with Crippen LogP contribution in [0.5, 0.6) is 5.75 Å².